The molecule has 0 spiro atoms. The van der Waals surface area contributed by atoms with E-state index >= 15 is 0 Å². The monoisotopic (exact) mass is 316 g/mol. The SMILES string of the molecule is Cn1ccc(NC(=O)CSc2ccc(C(F)(F)F)cn2)n1. The Hall–Kier alpha value is -2.03. The van der Waals surface area contributed by atoms with Gasteiger partial charge in [-0.15, -0.1) is 0 Å². The topological polar surface area (TPSA) is 59.8 Å². The largest absolute Gasteiger partial charge is 0.417 e. The molecule has 2 heterocycles. The van der Waals surface area contributed by atoms with Gasteiger partial charge in [0.15, 0.2) is 5.82 Å². The third kappa shape index (κ3) is 4.48. The zero-order valence-electron chi connectivity index (χ0n) is 10.9. The molecule has 9 heteroatoms. The van der Waals surface area contributed by atoms with Crippen LogP contribution in [0.5, 0.6) is 0 Å². The Morgan fingerprint density at radius 3 is 2.67 bits per heavy atom. The van der Waals surface area contributed by atoms with Crippen molar-refractivity contribution >= 4 is 23.5 Å². The predicted octanol–water partition coefficient (Wildman–Crippen LogP) is 2.56. The molecule has 0 atom stereocenters. The molecule has 0 fully saturated rings. The summed E-state index contributed by atoms with van der Waals surface area (Å²) in [6, 6.07) is 3.81. The molecular formula is C12H11F3N4OS. The number of nitrogens with one attached hydrogen (secondary N) is 1. The van der Waals surface area contributed by atoms with Crippen molar-refractivity contribution in [3.05, 3.63) is 36.2 Å². The first-order valence-corrected chi connectivity index (χ1v) is 6.79. The molecule has 0 saturated heterocycles. The number of carbonyl (C=O) groups is 1. The third-order valence-electron chi connectivity index (χ3n) is 2.40. The lowest BCUT2D eigenvalue weighted by atomic mass is 10.3. The Kier molecular flexibility index (Phi) is 4.51. The number of rotatable bonds is 4. The van der Waals surface area contributed by atoms with Crippen LogP contribution in [0, 0.1) is 0 Å². The summed E-state index contributed by atoms with van der Waals surface area (Å²) < 4.78 is 38.6. The van der Waals surface area contributed by atoms with Crippen LogP contribution in [-0.4, -0.2) is 26.4 Å². The maximum atomic E-state index is 12.4. The molecule has 0 radical (unpaired) electrons. The van der Waals surface area contributed by atoms with Crippen LogP contribution in [0.3, 0.4) is 0 Å². The van der Waals surface area contributed by atoms with Crippen molar-refractivity contribution in [3.63, 3.8) is 0 Å². The molecule has 2 rings (SSSR count). The van der Waals surface area contributed by atoms with Crippen molar-refractivity contribution in [2.75, 3.05) is 11.1 Å². The predicted molar refractivity (Wildman–Crippen MR) is 71.8 cm³/mol. The quantitative estimate of drug-likeness (QED) is 0.881. The Balaban J connectivity index is 1.86. The minimum Gasteiger partial charge on any atom is -0.308 e. The van der Waals surface area contributed by atoms with Crippen LogP contribution < -0.4 is 5.32 Å². The number of pyridine rings is 1. The first-order valence-electron chi connectivity index (χ1n) is 5.80. The van der Waals surface area contributed by atoms with Crippen LogP contribution in [0.4, 0.5) is 19.0 Å². The molecule has 0 aromatic carbocycles. The molecule has 2 aromatic heterocycles. The number of hydrogen-bond acceptors (Lipinski definition) is 4. The highest BCUT2D eigenvalue weighted by molar-refractivity contribution is 7.99. The number of thioether (sulfide) groups is 1. The zero-order valence-corrected chi connectivity index (χ0v) is 11.7. The summed E-state index contributed by atoms with van der Waals surface area (Å²) in [5, 5.41) is 6.89. The lowest BCUT2D eigenvalue weighted by Gasteiger charge is -2.06. The number of amides is 1. The second kappa shape index (κ2) is 6.17. The van der Waals surface area contributed by atoms with Gasteiger partial charge in [-0.3, -0.25) is 9.48 Å². The van der Waals surface area contributed by atoms with Crippen molar-refractivity contribution in [2.24, 2.45) is 7.05 Å². The summed E-state index contributed by atoms with van der Waals surface area (Å²) in [5.74, 6) is 0.151. The van der Waals surface area contributed by atoms with E-state index in [4.69, 9.17) is 0 Å². The van der Waals surface area contributed by atoms with E-state index in [1.807, 2.05) is 0 Å². The number of alkyl halides is 3. The maximum Gasteiger partial charge on any atom is 0.417 e. The second-order valence-electron chi connectivity index (χ2n) is 4.09. The minimum absolute atomic E-state index is 0.0366. The van der Waals surface area contributed by atoms with Crippen molar-refractivity contribution < 1.29 is 18.0 Å². The van der Waals surface area contributed by atoms with E-state index in [1.54, 1.807) is 24.0 Å². The highest BCUT2D eigenvalue weighted by atomic mass is 32.2. The molecular weight excluding hydrogens is 305 g/mol. The van der Waals surface area contributed by atoms with Crippen LogP contribution in [0.15, 0.2) is 35.6 Å². The van der Waals surface area contributed by atoms with Crippen LogP contribution in [-0.2, 0) is 18.0 Å². The van der Waals surface area contributed by atoms with Crippen LogP contribution in [0.1, 0.15) is 5.56 Å². The summed E-state index contributed by atoms with van der Waals surface area (Å²) >= 11 is 1.05. The van der Waals surface area contributed by atoms with E-state index in [9.17, 15) is 18.0 Å². The molecule has 0 saturated carbocycles. The van der Waals surface area contributed by atoms with E-state index in [2.05, 4.69) is 15.4 Å². The van der Waals surface area contributed by atoms with Crippen molar-refractivity contribution in [2.45, 2.75) is 11.2 Å². The molecule has 2 aromatic rings. The van der Waals surface area contributed by atoms with E-state index in [-0.39, 0.29) is 11.7 Å². The van der Waals surface area contributed by atoms with Gasteiger partial charge in [-0.05, 0) is 12.1 Å². The van der Waals surface area contributed by atoms with E-state index in [0.717, 1.165) is 24.0 Å². The molecule has 0 aliphatic rings. The number of carbonyl (C=O) groups excluding carboxylic acids is 1. The number of anilines is 1. The van der Waals surface area contributed by atoms with Gasteiger partial charge in [0.25, 0.3) is 0 Å². The van der Waals surface area contributed by atoms with Crippen LogP contribution in [0.25, 0.3) is 0 Å². The van der Waals surface area contributed by atoms with Crippen LogP contribution in [0.2, 0.25) is 0 Å². The molecule has 1 amide bonds. The molecule has 21 heavy (non-hydrogen) atoms. The molecule has 0 aliphatic heterocycles. The number of aryl methyl sites for hydroxylation is 1. The normalized spacial score (nSPS) is 11.4. The fourth-order valence-corrected chi connectivity index (χ4v) is 2.08. The number of nitrogens with zero attached hydrogens (tertiary/aromatic N) is 3. The fraction of sp³-hybridized carbons (Fsp3) is 0.250. The van der Waals surface area contributed by atoms with Gasteiger partial charge >= 0.3 is 6.18 Å². The molecule has 112 valence electrons. The summed E-state index contributed by atoms with van der Waals surface area (Å²) in [7, 11) is 1.72. The summed E-state index contributed by atoms with van der Waals surface area (Å²) in [6.45, 7) is 0. The van der Waals surface area contributed by atoms with Gasteiger partial charge in [-0.2, -0.15) is 18.3 Å². The number of hydrogen-bond donors (Lipinski definition) is 1. The lowest BCUT2D eigenvalue weighted by Crippen LogP contribution is -2.14. The maximum absolute atomic E-state index is 12.4. The van der Waals surface area contributed by atoms with Gasteiger partial charge in [0.1, 0.15) is 0 Å². The van der Waals surface area contributed by atoms with Crippen molar-refractivity contribution in [1.82, 2.24) is 14.8 Å². The Labute approximate surface area is 122 Å². The highest BCUT2D eigenvalue weighted by Crippen LogP contribution is 2.29. The zero-order chi connectivity index (χ0) is 15.5. The number of halogens is 3. The Bertz CT molecular complexity index is 624. The van der Waals surface area contributed by atoms with Crippen LogP contribution >= 0.6 is 11.8 Å². The van der Waals surface area contributed by atoms with E-state index in [0.29, 0.717) is 10.8 Å². The summed E-state index contributed by atoms with van der Waals surface area (Å²) in [4.78, 5) is 15.3. The van der Waals surface area contributed by atoms with Gasteiger partial charge in [0, 0.05) is 25.5 Å². The second-order valence-corrected chi connectivity index (χ2v) is 5.09. The third-order valence-corrected chi connectivity index (χ3v) is 3.34. The highest BCUT2D eigenvalue weighted by Gasteiger charge is 2.30. The standard InChI is InChI=1S/C12H11F3N4OS/c1-19-5-4-9(18-19)17-10(20)7-21-11-3-2-8(6-16-11)12(13,14)15/h2-6H,7H2,1H3,(H,17,18,20). The van der Waals surface area contributed by atoms with Gasteiger partial charge in [0.2, 0.25) is 5.91 Å². The molecule has 5 nitrogen and oxygen atoms in total. The molecule has 0 aliphatic carbocycles. The average molecular weight is 316 g/mol. The molecule has 0 unspecified atom stereocenters. The minimum atomic E-state index is -4.41. The van der Waals surface area contributed by atoms with Gasteiger partial charge in [-0.25, -0.2) is 4.98 Å². The summed E-state index contributed by atoms with van der Waals surface area (Å²) in [6.07, 6.45) is -1.98. The first-order chi connectivity index (χ1) is 9.84. The number of aromatic nitrogens is 3. The molecule has 0 bridgehead atoms. The Morgan fingerprint density at radius 2 is 2.14 bits per heavy atom. The smallest absolute Gasteiger partial charge is 0.308 e. The molecule has 1 N–H and O–H groups in total. The van der Waals surface area contributed by atoms with E-state index < -0.39 is 11.7 Å². The first kappa shape index (κ1) is 15.4. The van der Waals surface area contributed by atoms with E-state index in [1.165, 1.54) is 6.07 Å². The average Bonchev–Trinajstić information content (AvgIpc) is 2.81. The lowest BCUT2D eigenvalue weighted by molar-refractivity contribution is -0.137. The van der Waals surface area contributed by atoms with Crippen molar-refractivity contribution in [3.8, 4) is 0 Å². The van der Waals surface area contributed by atoms with Crippen molar-refractivity contribution in [1.29, 1.82) is 0 Å². The van der Waals surface area contributed by atoms with Gasteiger partial charge < -0.3 is 5.32 Å². The fourth-order valence-electron chi connectivity index (χ4n) is 1.43. The Morgan fingerprint density at radius 1 is 1.38 bits per heavy atom. The van der Waals surface area contributed by atoms with Gasteiger partial charge in [-0.1, -0.05) is 11.8 Å². The van der Waals surface area contributed by atoms with Gasteiger partial charge in [0.05, 0.1) is 16.3 Å². The summed E-state index contributed by atoms with van der Waals surface area (Å²) in [5.41, 5.74) is -0.815.